The second-order valence-electron chi connectivity index (χ2n) is 7.36. The minimum Gasteiger partial charge on any atom is -0.497 e. The molecule has 0 saturated carbocycles. The Labute approximate surface area is 181 Å². The van der Waals surface area contributed by atoms with Gasteiger partial charge in [-0.1, -0.05) is 52.3 Å². The number of alkyl halides is 1. The summed E-state index contributed by atoms with van der Waals surface area (Å²) < 4.78 is 5.48. The number of carbonyl (C=O) groups is 1. The van der Waals surface area contributed by atoms with Crippen LogP contribution in [0.1, 0.15) is 23.1 Å². The Balaban J connectivity index is 0.00000261. The van der Waals surface area contributed by atoms with Crippen molar-refractivity contribution in [1.29, 1.82) is 0 Å². The van der Waals surface area contributed by atoms with Crippen LogP contribution in [0.2, 0.25) is 0 Å². The van der Waals surface area contributed by atoms with Crippen LogP contribution in [0.3, 0.4) is 0 Å². The molecule has 2 aromatic rings. The summed E-state index contributed by atoms with van der Waals surface area (Å²) in [6.07, 6.45) is 2.23. The van der Waals surface area contributed by atoms with Gasteiger partial charge >= 0.3 is 0 Å². The number of fused-ring (bicyclic) bond motifs is 1. The lowest BCUT2D eigenvalue weighted by Crippen LogP contribution is -2.48. The van der Waals surface area contributed by atoms with E-state index in [2.05, 4.69) is 59.2 Å². The molecule has 0 N–H and O–H groups in total. The number of Topliss-reactive ketones (excluding diaryl/α,β-unsaturated/α-hetero) is 1. The molecule has 0 radical (unpaired) electrons. The number of halogens is 2. The third kappa shape index (κ3) is 4.64. The Hall–Kier alpha value is -1.17. The molecule has 0 saturated heterocycles. The third-order valence-corrected chi connectivity index (χ3v) is 6.06. The van der Waals surface area contributed by atoms with E-state index in [1.165, 1.54) is 11.1 Å². The number of benzene rings is 2. The van der Waals surface area contributed by atoms with Crippen LogP contribution in [-0.4, -0.2) is 43.3 Å². The largest absolute Gasteiger partial charge is 0.497 e. The number of ether oxygens (including phenoxy) is 1. The van der Waals surface area contributed by atoms with E-state index in [0.717, 1.165) is 30.7 Å². The first-order valence-corrected chi connectivity index (χ1v) is 9.92. The van der Waals surface area contributed by atoms with Crippen molar-refractivity contribution < 1.29 is 9.53 Å². The van der Waals surface area contributed by atoms with Gasteiger partial charge in [-0.2, -0.15) is 0 Å². The van der Waals surface area contributed by atoms with Crippen molar-refractivity contribution in [3.05, 3.63) is 65.2 Å². The summed E-state index contributed by atoms with van der Waals surface area (Å²) in [4.78, 5) is 15.5. The van der Waals surface area contributed by atoms with Gasteiger partial charge in [0.15, 0.2) is 5.78 Å². The Morgan fingerprint density at radius 1 is 1.19 bits per heavy atom. The molecule has 146 valence electrons. The molecular weight excluding hydrogens is 470 g/mol. The molecule has 0 aliphatic heterocycles. The van der Waals surface area contributed by atoms with E-state index < -0.39 is 5.41 Å². The molecule has 1 aliphatic carbocycles. The zero-order chi connectivity index (χ0) is 18.7. The molecule has 2 aromatic carbocycles. The van der Waals surface area contributed by atoms with Crippen molar-refractivity contribution in [2.75, 3.05) is 27.7 Å². The van der Waals surface area contributed by atoms with Gasteiger partial charge in [-0.25, -0.2) is 0 Å². The molecule has 0 spiro atoms. The van der Waals surface area contributed by atoms with Crippen LogP contribution in [0.15, 0.2) is 48.5 Å². The van der Waals surface area contributed by atoms with Crippen LogP contribution in [-0.2, 0) is 23.1 Å². The standard InChI is InChI=1S/C22H26BrNO2.BrH/c1-24(2)12-11-22(15-16-7-5-4-6-8-16)19-14-18(26-3)10-9-17(19)13-20(23)21(22)25;/h4-10,14,20H,11-13,15H2,1-3H3;1H. The second-order valence-corrected chi connectivity index (χ2v) is 8.46. The smallest absolute Gasteiger partial charge is 0.157 e. The molecule has 5 heteroatoms. The summed E-state index contributed by atoms with van der Waals surface area (Å²) in [5.41, 5.74) is 3.02. The van der Waals surface area contributed by atoms with Gasteiger partial charge in [-0.15, -0.1) is 17.0 Å². The number of carbonyl (C=O) groups excluding carboxylic acids is 1. The Morgan fingerprint density at radius 2 is 1.89 bits per heavy atom. The number of nitrogens with zero attached hydrogens (tertiary/aromatic N) is 1. The highest BCUT2D eigenvalue weighted by Crippen LogP contribution is 2.43. The van der Waals surface area contributed by atoms with E-state index in [4.69, 9.17) is 4.74 Å². The van der Waals surface area contributed by atoms with Crippen LogP contribution < -0.4 is 4.74 Å². The van der Waals surface area contributed by atoms with Crippen molar-refractivity contribution in [2.24, 2.45) is 0 Å². The maximum Gasteiger partial charge on any atom is 0.157 e. The summed E-state index contributed by atoms with van der Waals surface area (Å²) in [6, 6.07) is 16.5. The van der Waals surface area contributed by atoms with E-state index in [9.17, 15) is 4.79 Å². The molecule has 3 rings (SSSR count). The molecular formula is C22H27Br2NO2. The maximum absolute atomic E-state index is 13.5. The summed E-state index contributed by atoms with van der Waals surface area (Å²) in [5.74, 6) is 1.09. The zero-order valence-electron chi connectivity index (χ0n) is 16.1. The lowest BCUT2D eigenvalue weighted by atomic mass is 9.64. The molecule has 3 nitrogen and oxygen atoms in total. The first-order valence-electron chi connectivity index (χ1n) is 9.01. The van der Waals surface area contributed by atoms with Crippen LogP contribution in [0.4, 0.5) is 0 Å². The van der Waals surface area contributed by atoms with Gasteiger partial charge in [0, 0.05) is 0 Å². The molecule has 0 heterocycles. The highest BCUT2D eigenvalue weighted by Gasteiger charge is 2.47. The summed E-state index contributed by atoms with van der Waals surface area (Å²) in [5, 5.41) is 0. The average Bonchev–Trinajstić information content (AvgIpc) is 2.65. The van der Waals surface area contributed by atoms with E-state index in [0.29, 0.717) is 6.42 Å². The first kappa shape index (κ1) is 22.1. The van der Waals surface area contributed by atoms with E-state index >= 15 is 0 Å². The third-order valence-electron chi connectivity index (χ3n) is 5.32. The van der Waals surface area contributed by atoms with E-state index in [1.807, 2.05) is 24.3 Å². The van der Waals surface area contributed by atoms with Gasteiger partial charge in [0.05, 0.1) is 17.4 Å². The topological polar surface area (TPSA) is 29.5 Å². The Bertz CT molecular complexity index is 779. The normalized spacial score (nSPS) is 21.5. The zero-order valence-corrected chi connectivity index (χ0v) is 19.4. The highest BCUT2D eigenvalue weighted by molar-refractivity contribution is 9.10. The van der Waals surface area contributed by atoms with Crippen LogP contribution in [0, 0.1) is 0 Å². The monoisotopic (exact) mass is 495 g/mol. The minimum atomic E-state index is -0.540. The average molecular weight is 497 g/mol. The molecule has 2 atom stereocenters. The fraction of sp³-hybridized carbons (Fsp3) is 0.409. The number of ketones is 1. The highest BCUT2D eigenvalue weighted by atomic mass is 79.9. The predicted octanol–water partition coefficient (Wildman–Crippen LogP) is 4.59. The van der Waals surface area contributed by atoms with Gasteiger partial charge in [0.2, 0.25) is 0 Å². The lowest BCUT2D eigenvalue weighted by molar-refractivity contribution is -0.125. The molecule has 1 aliphatic rings. The van der Waals surface area contributed by atoms with E-state index in [1.54, 1.807) is 7.11 Å². The number of hydrogen-bond donors (Lipinski definition) is 0. The maximum atomic E-state index is 13.5. The summed E-state index contributed by atoms with van der Waals surface area (Å²) in [7, 11) is 5.79. The van der Waals surface area contributed by atoms with Crippen LogP contribution in [0.5, 0.6) is 5.75 Å². The Morgan fingerprint density at radius 3 is 2.52 bits per heavy atom. The SMILES string of the molecule is Br.COc1ccc2c(c1)C(CCN(C)C)(Cc1ccccc1)C(=O)C(Br)C2. The number of methoxy groups -OCH3 is 1. The second kappa shape index (κ2) is 9.35. The fourth-order valence-corrected chi connectivity index (χ4v) is 4.70. The summed E-state index contributed by atoms with van der Waals surface area (Å²) >= 11 is 3.66. The molecule has 0 bridgehead atoms. The quantitative estimate of drug-likeness (QED) is 0.547. The predicted molar refractivity (Wildman–Crippen MR) is 120 cm³/mol. The van der Waals surface area contributed by atoms with Crippen molar-refractivity contribution in [1.82, 2.24) is 4.90 Å². The lowest BCUT2D eigenvalue weighted by Gasteiger charge is -2.41. The molecule has 0 aromatic heterocycles. The van der Waals surface area contributed by atoms with Crippen molar-refractivity contribution in [3.63, 3.8) is 0 Å². The van der Waals surface area contributed by atoms with Crippen LogP contribution >= 0.6 is 32.9 Å². The fourth-order valence-electron chi connectivity index (χ4n) is 3.91. The van der Waals surface area contributed by atoms with Crippen molar-refractivity contribution >= 4 is 38.7 Å². The van der Waals surface area contributed by atoms with Gasteiger partial charge < -0.3 is 9.64 Å². The van der Waals surface area contributed by atoms with Gasteiger partial charge in [-0.05, 0) is 68.7 Å². The molecule has 27 heavy (non-hydrogen) atoms. The van der Waals surface area contributed by atoms with Crippen molar-refractivity contribution in [2.45, 2.75) is 29.5 Å². The van der Waals surface area contributed by atoms with Crippen LogP contribution in [0.25, 0.3) is 0 Å². The molecule has 2 unspecified atom stereocenters. The molecule has 0 fully saturated rings. The molecule has 0 amide bonds. The van der Waals surface area contributed by atoms with Gasteiger partial charge in [0.25, 0.3) is 0 Å². The number of hydrogen-bond acceptors (Lipinski definition) is 3. The van der Waals surface area contributed by atoms with Crippen molar-refractivity contribution in [3.8, 4) is 5.75 Å². The summed E-state index contributed by atoms with van der Waals surface area (Å²) in [6.45, 7) is 0.856. The Kier molecular flexibility index (Phi) is 7.66. The van der Waals surface area contributed by atoms with E-state index in [-0.39, 0.29) is 27.6 Å². The minimum absolute atomic E-state index is 0. The van der Waals surface area contributed by atoms with Gasteiger partial charge in [-0.3, -0.25) is 4.79 Å². The first-order chi connectivity index (χ1) is 12.5. The number of rotatable bonds is 6. The van der Waals surface area contributed by atoms with Gasteiger partial charge in [0.1, 0.15) is 5.75 Å².